The zero-order valence-electron chi connectivity index (χ0n) is 12.5. The highest BCUT2D eigenvalue weighted by molar-refractivity contribution is 7.89. The van der Waals surface area contributed by atoms with Crippen LogP contribution < -0.4 is 9.47 Å². The average Bonchev–Trinajstić information content (AvgIpc) is 2.55. The maximum Gasteiger partial charge on any atom is 0.244 e. The molecule has 0 radical (unpaired) electrons. The van der Waals surface area contributed by atoms with E-state index in [9.17, 15) is 8.42 Å². The number of likely N-dealkylation sites (N-methyl/N-ethyl adjacent to an activating group) is 1. The molecule has 122 valence electrons. The molecule has 5 nitrogen and oxygen atoms in total. The van der Waals surface area contributed by atoms with Crippen molar-refractivity contribution < 1.29 is 17.9 Å². The van der Waals surface area contributed by atoms with Crippen LogP contribution in [0.1, 0.15) is 0 Å². The number of fused-ring (bicyclic) bond motifs is 1. The number of para-hydroxylation sites is 2. The van der Waals surface area contributed by atoms with Gasteiger partial charge in [-0.05, 0) is 24.3 Å². The van der Waals surface area contributed by atoms with Crippen LogP contribution in [-0.2, 0) is 10.0 Å². The normalized spacial score (nSPS) is 17.3. The number of ether oxygens (including phenoxy) is 2. The predicted octanol–water partition coefficient (Wildman–Crippen LogP) is 2.80. The largest absolute Gasteiger partial charge is 0.486 e. The molecule has 0 fully saturated rings. The third kappa shape index (κ3) is 3.29. The molecule has 3 rings (SSSR count). The second kappa shape index (κ2) is 6.39. The summed E-state index contributed by atoms with van der Waals surface area (Å²) in [6.45, 7) is 0.460. The van der Waals surface area contributed by atoms with Crippen LogP contribution in [-0.4, -0.2) is 39.0 Å². The molecule has 1 aliphatic heterocycles. The highest BCUT2D eigenvalue weighted by Crippen LogP contribution is 2.31. The number of nitrogens with zero attached hydrogens (tertiary/aromatic N) is 1. The first-order valence-electron chi connectivity index (χ1n) is 7.08. The Kier molecular flexibility index (Phi) is 4.48. The summed E-state index contributed by atoms with van der Waals surface area (Å²) >= 11 is 6.00. The topological polar surface area (TPSA) is 55.8 Å². The van der Waals surface area contributed by atoms with Gasteiger partial charge in [0.1, 0.15) is 17.6 Å². The van der Waals surface area contributed by atoms with Crippen LogP contribution in [0.3, 0.4) is 0 Å². The van der Waals surface area contributed by atoms with Crippen molar-refractivity contribution in [3.05, 3.63) is 53.6 Å². The maximum atomic E-state index is 12.6. The van der Waals surface area contributed by atoms with E-state index in [2.05, 4.69) is 0 Å². The molecule has 0 amide bonds. The fraction of sp³-hybridized carbons (Fsp3) is 0.250. The molecule has 23 heavy (non-hydrogen) atoms. The molecule has 1 aliphatic rings. The quantitative estimate of drug-likeness (QED) is 0.848. The molecule has 2 aromatic carbocycles. The van der Waals surface area contributed by atoms with Gasteiger partial charge >= 0.3 is 0 Å². The molecule has 0 bridgehead atoms. The van der Waals surface area contributed by atoms with Gasteiger partial charge in [0, 0.05) is 7.05 Å². The van der Waals surface area contributed by atoms with Gasteiger partial charge < -0.3 is 9.47 Å². The molecule has 0 saturated heterocycles. The minimum absolute atomic E-state index is 0.0845. The fourth-order valence-corrected chi connectivity index (χ4v) is 4.05. The predicted molar refractivity (Wildman–Crippen MR) is 87.6 cm³/mol. The van der Waals surface area contributed by atoms with Gasteiger partial charge in [0.05, 0.1) is 11.6 Å². The van der Waals surface area contributed by atoms with E-state index in [0.29, 0.717) is 18.1 Å². The summed E-state index contributed by atoms with van der Waals surface area (Å²) in [4.78, 5) is 0.0845. The molecule has 0 N–H and O–H groups in total. The van der Waals surface area contributed by atoms with Crippen LogP contribution >= 0.6 is 11.6 Å². The summed E-state index contributed by atoms with van der Waals surface area (Å²) in [5.41, 5.74) is 0. The van der Waals surface area contributed by atoms with Crippen LogP contribution in [0.4, 0.5) is 0 Å². The molecular weight excluding hydrogens is 338 g/mol. The lowest BCUT2D eigenvalue weighted by atomic mass is 10.2. The van der Waals surface area contributed by atoms with Crippen LogP contribution in [0.15, 0.2) is 53.4 Å². The van der Waals surface area contributed by atoms with E-state index >= 15 is 0 Å². The van der Waals surface area contributed by atoms with Crippen molar-refractivity contribution in [3.63, 3.8) is 0 Å². The molecule has 0 spiro atoms. The van der Waals surface area contributed by atoms with Gasteiger partial charge in [-0.15, -0.1) is 0 Å². The summed E-state index contributed by atoms with van der Waals surface area (Å²) in [6, 6.07) is 13.7. The first kappa shape index (κ1) is 16.1. The van der Waals surface area contributed by atoms with Gasteiger partial charge in [-0.25, -0.2) is 8.42 Å². The molecule has 0 aromatic heterocycles. The lowest BCUT2D eigenvalue weighted by Crippen LogP contribution is -2.41. The number of rotatable bonds is 4. The highest BCUT2D eigenvalue weighted by atomic mass is 35.5. The fourth-order valence-electron chi connectivity index (χ4n) is 2.36. The molecule has 0 saturated carbocycles. The Bertz CT molecular complexity index is 809. The Balaban J connectivity index is 1.75. The zero-order chi connectivity index (χ0) is 16.4. The molecule has 1 heterocycles. The molecule has 1 atom stereocenters. The van der Waals surface area contributed by atoms with E-state index in [1.165, 1.54) is 17.4 Å². The SMILES string of the molecule is CN(C[C@H]1COc2ccccc2O1)S(=O)(=O)c1ccccc1Cl. The van der Waals surface area contributed by atoms with Crippen molar-refractivity contribution in [1.29, 1.82) is 0 Å². The summed E-state index contributed by atoms with van der Waals surface area (Å²) < 4.78 is 37.9. The van der Waals surface area contributed by atoms with Gasteiger partial charge in [-0.3, -0.25) is 0 Å². The molecular formula is C16H16ClNO4S. The van der Waals surface area contributed by atoms with E-state index in [4.69, 9.17) is 21.1 Å². The molecule has 0 unspecified atom stereocenters. The van der Waals surface area contributed by atoms with Gasteiger partial charge in [0.2, 0.25) is 10.0 Å². The Morgan fingerprint density at radius 1 is 1.13 bits per heavy atom. The first-order chi connectivity index (χ1) is 11.0. The summed E-state index contributed by atoms with van der Waals surface area (Å²) in [7, 11) is -2.18. The highest BCUT2D eigenvalue weighted by Gasteiger charge is 2.29. The Hall–Kier alpha value is -1.76. The van der Waals surface area contributed by atoms with Gasteiger partial charge in [-0.1, -0.05) is 35.9 Å². The average molecular weight is 354 g/mol. The lowest BCUT2D eigenvalue weighted by Gasteiger charge is -2.29. The number of halogens is 1. The Labute approximate surface area is 140 Å². The van der Waals surface area contributed by atoms with Gasteiger partial charge in [0.25, 0.3) is 0 Å². The number of hydrogen-bond acceptors (Lipinski definition) is 4. The number of benzene rings is 2. The van der Waals surface area contributed by atoms with Gasteiger partial charge in [0.15, 0.2) is 11.5 Å². The summed E-state index contributed by atoms with van der Waals surface area (Å²) in [5, 5.41) is 0.200. The van der Waals surface area contributed by atoms with Crippen LogP contribution in [0.5, 0.6) is 11.5 Å². The number of sulfonamides is 1. The van der Waals surface area contributed by atoms with Crippen LogP contribution in [0.25, 0.3) is 0 Å². The summed E-state index contributed by atoms with van der Waals surface area (Å²) in [5.74, 6) is 1.28. The monoisotopic (exact) mass is 353 g/mol. The van der Waals surface area contributed by atoms with Crippen molar-refractivity contribution >= 4 is 21.6 Å². The third-order valence-corrected chi connectivity index (χ3v) is 5.88. The summed E-state index contributed by atoms with van der Waals surface area (Å²) in [6.07, 6.45) is -0.382. The van der Waals surface area contributed by atoms with Crippen molar-refractivity contribution in [2.45, 2.75) is 11.0 Å². The maximum absolute atomic E-state index is 12.6. The van der Waals surface area contributed by atoms with Crippen molar-refractivity contribution in [2.75, 3.05) is 20.2 Å². The third-order valence-electron chi connectivity index (χ3n) is 3.55. The van der Waals surface area contributed by atoms with Crippen LogP contribution in [0.2, 0.25) is 5.02 Å². The van der Waals surface area contributed by atoms with Crippen molar-refractivity contribution in [2.24, 2.45) is 0 Å². The molecule has 7 heteroatoms. The number of hydrogen-bond donors (Lipinski definition) is 0. The minimum Gasteiger partial charge on any atom is -0.486 e. The Morgan fingerprint density at radius 3 is 2.52 bits per heavy atom. The lowest BCUT2D eigenvalue weighted by molar-refractivity contribution is 0.0798. The first-order valence-corrected chi connectivity index (χ1v) is 8.89. The minimum atomic E-state index is -3.68. The zero-order valence-corrected chi connectivity index (χ0v) is 14.0. The molecule has 2 aromatic rings. The van der Waals surface area contributed by atoms with E-state index in [-0.39, 0.29) is 22.6 Å². The van der Waals surface area contributed by atoms with E-state index in [1.54, 1.807) is 24.3 Å². The van der Waals surface area contributed by atoms with Gasteiger partial charge in [-0.2, -0.15) is 4.31 Å². The van der Waals surface area contributed by atoms with Crippen LogP contribution in [0, 0.1) is 0 Å². The molecule has 0 aliphatic carbocycles. The Morgan fingerprint density at radius 2 is 1.78 bits per heavy atom. The van der Waals surface area contributed by atoms with Crippen molar-refractivity contribution in [3.8, 4) is 11.5 Å². The van der Waals surface area contributed by atoms with E-state index in [0.717, 1.165) is 0 Å². The standard InChI is InChI=1S/C16H16ClNO4S/c1-18(23(19,20)16-9-5-2-6-13(16)17)10-12-11-21-14-7-3-4-8-15(14)22-12/h2-9,12H,10-11H2,1H3/t12-/m0/s1. The second-order valence-electron chi connectivity index (χ2n) is 5.21. The van der Waals surface area contributed by atoms with Crippen molar-refractivity contribution in [1.82, 2.24) is 4.31 Å². The van der Waals surface area contributed by atoms with E-state index in [1.807, 2.05) is 18.2 Å². The smallest absolute Gasteiger partial charge is 0.244 e. The van der Waals surface area contributed by atoms with E-state index < -0.39 is 10.0 Å². The second-order valence-corrected chi connectivity index (χ2v) is 7.63.